The van der Waals surface area contributed by atoms with Crippen molar-refractivity contribution < 1.29 is 9.90 Å². The molecule has 4 nitrogen and oxygen atoms in total. The quantitative estimate of drug-likeness (QED) is 0.758. The maximum Gasteiger partial charge on any atom is 0.318 e. The lowest BCUT2D eigenvalue weighted by atomic mass is 10.0. The van der Waals surface area contributed by atoms with Crippen molar-refractivity contribution in [3.63, 3.8) is 0 Å². The van der Waals surface area contributed by atoms with E-state index in [4.69, 9.17) is 5.11 Å². The van der Waals surface area contributed by atoms with E-state index in [0.717, 1.165) is 18.4 Å². The third-order valence-electron chi connectivity index (χ3n) is 3.82. The molecule has 0 spiro atoms. The van der Waals surface area contributed by atoms with E-state index >= 15 is 0 Å². The molecule has 0 saturated heterocycles. The highest BCUT2D eigenvalue weighted by molar-refractivity contribution is 5.75. The van der Waals surface area contributed by atoms with Gasteiger partial charge in [0.25, 0.3) is 0 Å². The topological polar surface area (TPSA) is 52.6 Å². The normalized spacial score (nSPS) is 15.3. The van der Waals surface area contributed by atoms with Crippen LogP contribution in [-0.2, 0) is 0 Å². The molecular formula is C17H24N2O2. The summed E-state index contributed by atoms with van der Waals surface area (Å²) in [7, 11) is 0. The smallest absolute Gasteiger partial charge is 0.318 e. The first-order chi connectivity index (χ1) is 10.2. The van der Waals surface area contributed by atoms with Crippen LogP contribution in [0.25, 0.3) is 0 Å². The minimum Gasteiger partial charge on any atom is -0.395 e. The summed E-state index contributed by atoms with van der Waals surface area (Å²) in [6, 6.07) is 8.24. The maximum atomic E-state index is 12.4. The van der Waals surface area contributed by atoms with Crippen molar-refractivity contribution in [3.8, 4) is 0 Å². The zero-order valence-corrected chi connectivity index (χ0v) is 12.6. The van der Waals surface area contributed by atoms with E-state index in [-0.39, 0.29) is 18.7 Å². The zero-order chi connectivity index (χ0) is 15.2. The van der Waals surface area contributed by atoms with Crippen LogP contribution in [0.5, 0.6) is 0 Å². The first-order valence-electron chi connectivity index (χ1n) is 7.49. The third-order valence-corrected chi connectivity index (χ3v) is 3.82. The molecule has 4 heteroatoms. The number of carbonyl (C=O) groups excluding carboxylic acids is 1. The molecule has 1 aromatic rings. The number of aryl methyl sites for hydroxylation is 1. The average molecular weight is 288 g/mol. The Morgan fingerprint density at radius 2 is 2.14 bits per heavy atom. The van der Waals surface area contributed by atoms with E-state index in [1.165, 1.54) is 5.56 Å². The van der Waals surface area contributed by atoms with Gasteiger partial charge in [0.15, 0.2) is 0 Å². The van der Waals surface area contributed by atoms with E-state index in [0.29, 0.717) is 19.0 Å². The summed E-state index contributed by atoms with van der Waals surface area (Å²) in [6.45, 7) is 6.44. The first kappa shape index (κ1) is 15.6. The number of aliphatic hydroxyl groups is 1. The van der Waals surface area contributed by atoms with E-state index < -0.39 is 0 Å². The minimum atomic E-state index is -0.138. The Balaban J connectivity index is 2.06. The number of urea groups is 1. The Labute approximate surface area is 126 Å². The van der Waals surface area contributed by atoms with E-state index in [1.54, 1.807) is 11.0 Å². The van der Waals surface area contributed by atoms with E-state index in [2.05, 4.69) is 43.1 Å². The largest absolute Gasteiger partial charge is 0.395 e. The SMILES string of the molecule is C=CCN(CCO)C(=O)NC(c1ccc(C)cc1)C1CC1. The van der Waals surface area contributed by atoms with Crippen molar-refractivity contribution in [1.29, 1.82) is 0 Å². The molecule has 0 aliphatic heterocycles. The molecule has 1 atom stereocenters. The Kier molecular flexibility index (Phi) is 5.39. The summed E-state index contributed by atoms with van der Waals surface area (Å²) in [5.41, 5.74) is 2.37. The van der Waals surface area contributed by atoms with Gasteiger partial charge < -0.3 is 15.3 Å². The predicted octanol–water partition coefficient (Wildman–Crippen LogP) is 2.64. The monoisotopic (exact) mass is 288 g/mol. The molecule has 1 unspecified atom stereocenters. The molecule has 2 rings (SSSR count). The highest BCUT2D eigenvalue weighted by Crippen LogP contribution is 2.41. The van der Waals surface area contributed by atoms with Gasteiger partial charge in [0.1, 0.15) is 0 Å². The molecule has 1 aromatic carbocycles. The van der Waals surface area contributed by atoms with Crippen LogP contribution < -0.4 is 5.32 Å². The zero-order valence-electron chi connectivity index (χ0n) is 12.6. The predicted molar refractivity (Wildman–Crippen MR) is 84.0 cm³/mol. The van der Waals surface area contributed by atoms with E-state index in [1.807, 2.05) is 0 Å². The van der Waals surface area contributed by atoms with Crippen LogP contribution in [0.2, 0.25) is 0 Å². The van der Waals surface area contributed by atoms with Crippen LogP contribution in [-0.4, -0.2) is 35.7 Å². The van der Waals surface area contributed by atoms with Gasteiger partial charge in [-0.2, -0.15) is 0 Å². The van der Waals surface area contributed by atoms with Crippen LogP contribution in [0.4, 0.5) is 4.79 Å². The number of hydrogen-bond donors (Lipinski definition) is 2. The molecular weight excluding hydrogens is 264 g/mol. The molecule has 114 valence electrons. The van der Waals surface area contributed by atoms with Crippen LogP contribution in [0, 0.1) is 12.8 Å². The van der Waals surface area contributed by atoms with Crippen molar-refractivity contribution in [2.75, 3.05) is 19.7 Å². The van der Waals surface area contributed by atoms with Gasteiger partial charge >= 0.3 is 6.03 Å². The lowest BCUT2D eigenvalue weighted by molar-refractivity contribution is 0.179. The second kappa shape index (κ2) is 7.27. The summed E-state index contributed by atoms with van der Waals surface area (Å²) in [5.74, 6) is 0.524. The molecule has 1 saturated carbocycles. The minimum absolute atomic E-state index is 0.0418. The van der Waals surface area contributed by atoms with Crippen molar-refractivity contribution in [1.82, 2.24) is 10.2 Å². The lowest BCUT2D eigenvalue weighted by Crippen LogP contribution is -2.43. The number of carbonyl (C=O) groups is 1. The lowest BCUT2D eigenvalue weighted by Gasteiger charge is -2.25. The Morgan fingerprint density at radius 3 is 2.67 bits per heavy atom. The Bertz CT molecular complexity index is 480. The fourth-order valence-corrected chi connectivity index (χ4v) is 2.45. The van der Waals surface area contributed by atoms with Gasteiger partial charge in [-0.25, -0.2) is 4.79 Å². The third kappa shape index (κ3) is 4.33. The number of amides is 2. The summed E-state index contributed by atoms with van der Waals surface area (Å²) < 4.78 is 0. The number of hydrogen-bond acceptors (Lipinski definition) is 2. The molecule has 1 fully saturated rings. The van der Waals surface area contributed by atoms with Crippen LogP contribution in [0.1, 0.15) is 30.0 Å². The van der Waals surface area contributed by atoms with Crippen molar-refractivity contribution >= 4 is 6.03 Å². The highest BCUT2D eigenvalue weighted by atomic mass is 16.3. The van der Waals surface area contributed by atoms with Crippen LogP contribution in [0.3, 0.4) is 0 Å². The first-order valence-corrected chi connectivity index (χ1v) is 7.49. The summed E-state index contributed by atoms with van der Waals surface area (Å²) in [4.78, 5) is 13.9. The average Bonchev–Trinajstić information content (AvgIpc) is 3.30. The van der Waals surface area contributed by atoms with Gasteiger partial charge in [0.05, 0.1) is 12.6 Å². The van der Waals surface area contributed by atoms with Crippen molar-refractivity contribution in [2.24, 2.45) is 5.92 Å². The van der Waals surface area contributed by atoms with Crippen LogP contribution in [0.15, 0.2) is 36.9 Å². The molecule has 2 amide bonds. The highest BCUT2D eigenvalue weighted by Gasteiger charge is 2.34. The molecule has 1 aliphatic rings. The van der Waals surface area contributed by atoms with Gasteiger partial charge in [-0.1, -0.05) is 35.9 Å². The molecule has 0 bridgehead atoms. The number of rotatable bonds is 7. The standard InChI is InChI=1S/C17H24N2O2/c1-3-10-19(11-12-20)17(21)18-16(15-8-9-15)14-6-4-13(2)5-7-14/h3-7,15-16,20H,1,8-12H2,2H3,(H,18,21). The van der Waals surface area contributed by atoms with Gasteiger partial charge in [-0.15, -0.1) is 6.58 Å². The van der Waals surface area contributed by atoms with E-state index in [9.17, 15) is 4.79 Å². The van der Waals surface area contributed by atoms with Crippen LogP contribution >= 0.6 is 0 Å². The Morgan fingerprint density at radius 1 is 1.48 bits per heavy atom. The number of nitrogens with one attached hydrogen (secondary N) is 1. The second-order valence-corrected chi connectivity index (χ2v) is 5.63. The maximum absolute atomic E-state index is 12.4. The Hall–Kier alpha value is -1.81. The van der Waals surface area contributed by atoms with Gasteiger partial charge in [0.2, 0.25) is 0 Å². The summed E-state index contributed by atoms with van der Waals surface area (Å²) in [6.07, 6.45) is 3.98. The fourth-order valence-electron chi connectivity index (χ4n) is 2.45. The molecule has 0 heterocycles. The summed E-state index contributed by atoms with van der Waals surface area (Å²) in [5, 5.41) is 12.2. The van der Waals surface area contributed by atoms with Crippen molar-refractivity contribution in [3.05, 3.63) is 48.0 Å². The second-order valence-electron chi connectivity index (χ2n) is 5.63. The molecule has 0 aromatic heterocycles. The molecule has 1 aliphatic carbocycles. The number of benzene rings is 1. The van der Waals surface area contributed by atoms with Crippen molar-refractivity contribution in [2.45, 2.75) is 25.8 Å². The summed E-state index contributed by atoms with van der Waals surface area (Å²) >= 11 is 0. The van der Waals surface area contributed by atoms with Gasteiger partial charge in [0, 0.05) is 13.1 Å². The molecule has 2 N–H and O–H groups in total. The fraction of sp³-hybridized carbons (Fsp3) is 0.471. The number of nitrogens with zero attached hydrogens (tertiary/aromatic N) is 1. The molecule has 21 heavy (non-hydrogen) atoms. The van der Waals surface area contributed by atoms with Gasteiger partial charge in [-0.3, -0.25) is 0 Å². The number of aliphatic hydroxyl groups excluding tert-OH is 1. The van der Waals surface area contributed by atoms with Gasteiger partial charge in [-0.05, 0) is 31.2 Å². The molecule has 0 radical (unpaired) electrons.